The standard InChI is InChI=1S/C47H53ClN6O8S/c1-51(2)21-6-26-61-40-14-17-42(35-9-11-37(48)12-10-35)36(29-40)33-52-22-24-53(25-23-52)38-13-16-43(46(30-38)62-39-7-4-3-5-8-39)47(55)50-63(58,59)41-15-18-44(45(31-41)54(56)57)49-32-34-19-27-60-28-20-34/h3-5,7-18,29-31,34,49H,6,19-28,32-33H2,1-2H3,(H,50,55). The molecule has 0 bridgehead atoms. The molecule has 0 saturated carbocycles. The van der Waals surface area contributed by atoms with Crippen LogP contribution in [0.3, 0.4) is 0 Å². The first-order chi connectivity index (χ1) is 30.4. The van der Waals surface area contributed by atoms with E-state index in [0.29, 0.717) is 56.8 Å². The van der Waals surface area contributed by atoms with E-state index in [9.17, 15) is 23.3 Å². The van der Waals surface area contributed by atoms with E-state index < -0.39 is 31.4 Å². The SMILES string of the molecule is CN(C)CCCOc1ccc(-c2ccc(Cl)cc2)c(CN2CCN(c3ccc(C(=O)NS(=O)(=O)c4ccc(NCC5CCOCC5)c([N+](=O)[O-])c4)c(Oc4ccccc4)c3)CC2)c1. The van der Waals surface area contributed by atoms with Crippen LogP contribution in [0, 0.1) is 16.0 Å². The van der Waals surface area contributed by atoms with Crippen molar-refractivity contribution in [1.29, 1.82) is 0 Å². The minimum Gasteiger partial charge on any atom is -0.494 e. The number of hydrogen-bond acceptors (Lipinski definition) is 12. The number of halogens is 1. The molecule has 2 saturated heterocycles. The van der Waals surface area contributed by atoms with Crippen molar-refractivity contribution in [3.8, 4) is 28.4 Å². The van der Waals surface area contributed by atoms with E-state index in [2.05, 4.69) is 36.9 Å². The van der Waals surface area contributed by atoms with Gasteiger partial charge in [0.2, 0.25) is 0 Å². The first kappa shape index (κ1) is 45.3. The van der Waals surface area contributed by atoms with Crippen molar-refractivity contribution >= 4 is 44.6 Å². The second kappa shape index (κ2) is 21.1. The molecule has 0 aromatic heterocycles. The molecule has 63 heavy (non-hydrogen) atoms. The third-order valence-corrected chi connectivity index (χ3v) is 12.8. The summed E-state index contributed by atoms with van der Waals surface area (Å²) in [6, 6.07) is 31.6. The lowest BCUT2D eigenvalue weighted by Crippen LogP contribution is -2.46. The molecule has 0 atom stereocenters. The van der Waals surface area contributed by atoms with Gasteiger partial charge in [0, 0.05) is 81.9 Å². The molecule has 332 valence electrons. The number of carbonyl (C=O) groups excluding carboxylic acids is 1. The monoisotopic (exact) mass is 896 g/mol. The fourth-order valence-electron chi connectivity index (χ4n) is 7.69. The van der Waals surface area contributed by atoms with Crippen molar-refractivity contribution in [2.45, 2.75) is 30.7 Å². The summed E-state index contributed by atoms with van der Waals surface area (Å²) in [5.74, 6) is 0.772. The van der Waals surface area contributed by atoms with Crippen molar-refractivity contribution in [1.82, 2.24) is 14.5 Å². The van der Waals surface area contributed by atoms with Gasteiger partial charge >= 0.3 is 0 Å². The Hall–Kier alpha value is -5.71. The third kappa shape index (κ3) is 12.3. The molecule has 2 aliphatic heterocycles. The summed E-state index contributed by atoms with van der Waals surface area (Å²) in [6.07, 6.45) is 2.57. The van der Waals surface area contributed by atoms with Crippen molar-refractivity contribution in [3.63, 3.8) is 0 Å². The molecule has 5 aromatic carbocycles. The number of nitrogens with zero attached hydrogens (tertiary/aromatic N) is 4. The Balaban J connectivity index is 1.06. The smallest absolute Gasteiger partial charge is 0.293 e. The molecule has 0 aliphatic carbocycles. The van der Waals surface area contributed by atoms with Crippen molar-refractivity contribution in [3.05, 3.63) is 135 Å². The lowest BCUT2D eigenvalue weighted by molar-refractivity contribution is -0.384. The highest BCUT2D eigenvalue weighted by molar-refractivity contribution is 7.90. The summed E-state index contributed by atoms with van der Waals surface area (Å²) in [5.41, 5.74) is 3.89. The van der Waals surface area contributed by atoms with Crippen LogP contribution in [-0.4, -0.2) is 102 Å². The maximum absolute atomic E-state index is 13.8. The Morgan fingerprint density at radius 2 is 1.65 bits per heavy atom. The van der Waals surface area contributed by atoms with Crippen LogP contribution < -0.4 is 24.4 Å². The van der Waals surface area contributed by atoms with Gasteiger partial charge in [-0.15, -0.1) is 0 Å². The predicted octanol–water partition coefficient (Wildman–Crippen LogP) is 8.32. The Morgan fingerprint density at radius 3 is 2.37 bits per heavy atom. The maximum Gasteiger partial charge on any atom is 0.293 e. The topological polar surface area (TPSA) is 156 Å². The zero-order chi connectivity index (χ0) is 44.3. The summed E-state index contributed by atoms with van der Waals surface area (Å²) in [5, 5.41) is 15.8. The van der Waals surface area contributed by atoms with Crippen molar-refractivity contribution in [2.24, 2.45) is 5.92 Å². The van der Waals surface area contributed by atoms with Crippen LogP contribution in [0.2, 0.25) is 5.02 Å². The van der Waals surface area contributed by atoms with Crippen LogP contribution in [-0.2, 0) is 21.3 Å². The number of amides is 1. The number of nitro groups is 1. The van der Waals surface area contributed by atoms with Crippen LogP contribution in [0.1, 0.15) is 35.2 Å². The van der Waals surface area contributed by atoms with Crippen molar-refractivity contribution in [2.75, 3.05) is 83.4 Å². The van der Waals surface area contributed by atoms with E-state index in [0.717, 1.165) is 73.1 Å². The third-order valence-electron chi connectivity index (χ3n) is 11.2. The number of rotatable bonds is 18. The Bertz CT molecular complexity index is 2460. The predicted molar refractivity (Wildman–Crippen MR) is 246 cm³/mol. The fourth-order valence-corrected chi connectivity index (χ4v) is 8.80. The number of nitrogens with one attached hydrogen (secondary N) is 2. The molecule has 0 unspecified atom stereocenters. The van der Waals surface area contributed by atoms with Gasteiger partial charge in [-0.25, -0.2) is 13.1 Å². The van der Waals surface area contributed by atoms with Crippen molar-refractivity contribution < 1.29 is 32.3 Å². The summed E-state index contributed by atoms with van der Waals surface area (Å²) < 4.78 is 47.1. The number of hydrogen-bond donors (Lipinski definition) is 2. The van der Waals surface area contributed by atoms with Gasteiger partial charge in [-0.1, -0.05) is 48.0 Å². The minimum atomic E-state index is -4.54. The molecule has 2 N–H and O–H groups in total. The molecule has 7 rings (SSSR count). The molecular weight excluding hydrogens is 844 g/mol. The van der Waals surface area contributed by atoms with Gasteiger partial charge in [-0.3, -0.25) is 19.8 Å². The molecule has 1 amide bonds. The van der Waals surface area contributed by atoms with E-state index in [1.165, 1.54) is 12.1 Å². The van der Waals surface area contributed by atoms with Crippen LogP contribution >= 0.6 is 11.6 Å². The molecule has 2 aliphatic rings. The normalized spacial score (nSPS) is 15.0. The van der Waals surface area contributed by atoms with E-state index in [1.807, 2.05) is 50.5 Å². The maximum atomic E-state index is 13.8. The zero-order valence-corrected chi connectivity index (χ0v) is 37.1. The highest BCUT2D eigenvalue weighted by atomic mass is 35.5. The first-order valence-electron chi connectivity index (χ1n) is 21.1. The lowest BCUT2D eigenvalue weighted by atomic mass is 9.98. The number of para-hydroxylation sites is 1. The van der Waals surface area contributed by atoms with Crippen LogP contribution in [0.25, 0.3) is 11.1 Å². The van der Waals surface area contributed by atoms with Crippen LogP contribution in [0.4, 0.5) is 17.1 Å². The van der Waals surface area contributed by atoms with E-state index in [4.69, 9.17) is 25.8 Å². The molecule has 2 heterocycles. The number of carbonyl (C=O) groups is 1. The molecule has 2 fully saturated rings. The molecule has 0 radical (unpaired) electrons. The van der Waals surface area contributed by atoms with Gasteiger partial charge in [0.05, 0.1) is 22.0 Å². The summed E-state index contributed by atoms with van der Waals surface area (Å²) >= 11 is 6.23. The van der Waals surface area contributed by atoms with Gasteiger partial charge in [0.25, 0.3) is 21.6 Å². The average Bonchev–Trinajstić information content (AvgIpc) is 3.28. The largest absolute Gasteiger partial charge is 0.494 e. The van der Waals surface area contributed by atoms with Gasteiger partial charge in [-0.2, -0.15) is 0 Å². The number of benzene rings is 5. The minimum absolute atomic E-state index is 0.0207. The second-order valence-electron chi connectivity index (χ2n) is 16.0. The second-order valence-corrected chi connectivity index (χ2v) is 18.1. The average molecular weight is 897 g/mol. The number of sulfonamides is 1. The zero-order valence-electron chi connectivity index (χ0n) is 35.5. The number of ether oxygens (including phenoxy) is 3. The highest BCUT2D eigenvalue weighted by Gasteiger charge is 2.27. The summed E-state index contributed by atoms with van der Waals surface area (Å²) in [7, 11) is -0.439. The molecule has 5 aromatic rings. The summed E-state index contributed by atoms with van der Waals surface area (Å²) in [4.78, 5) is 31.6. The van der Waals surface area contributed by atoms with E-state index >= 15 is 0 Å². The summed E-state index contributed by atoms with van der Waals surface area (Å²) in [6.45, 7) is 6.86. The van der Waals surface area contributed by atoms with Gasteiger partial charge in [0.15, 0.2) is 0 Å². The number of piperazine rings is 1. The van der Waals surface area contributed by atoms with Gasteiger partial charge in [0.1, 0.15) is 22.9 Å². The van der Waals surface area contributed by atoms with Crippen LogP contribution in [0.5, 0.6) is 17.2 Å². The Morgan fingerprint density at radius 1 is 0.905 bits per heavy atom. The molecule has 0 spiro atoms. The lowest BCUT2D eigenvalue weighted by Gasteiger charge is -2.36. The van der Waals surface area contributed by atoms with Gasteiger partial charge in [-0.05, 0) is 117 Å². The first-order valence-corrected chi connectivity index (χ1v) is 23.0. The Labute approximate surface area is 373 Å². The quantitative estimate of drug-likeness (QED) is 0.0494. The van der Waals surface area contributed by atoms with E-state index in [-0.39, 0.29) is 22.9 Å². The van der Waals surface area contributed by atoms with Gasteiger partial charge < -0.3 is 29.3 Å². The molecule has 16 heteroatoms. The number of anilines is 2. The number of nitro benzene ring substituents is 1. The molecular formula is C47H53ClN6O8S. The molecule has 14 nitrogen and oxygen atoms in total. The van der Waals surface area contributed by atoms with E-state index in [1.54, 1.807) is 42.5 Å². The Kier molecular flexibility index (Phi) is 15.2. The highest BCUT2D eigenvalue weighted by Crippen LogP contribution is 2.34. The van der Waals surface area contributed by atoms with Crippen LogP contribution in [0.15, 0.2) is 114 Å². The fraction of sp³-hybridized carbons (Fsp3) is 0.340.